The molecule has 132 valence electrons. The summed E-state index contributed by atoms with van der Waals surface area (Å²) in [4.78, 5) is 14.8. The summed E-state index contributed by atoms with van der Waals surface area (Å²) >= 11 is 0. The van der Waals surface area contributed by atoms with Crippen LogP contribution in [-0.2, 0) is 13.1 Å². The molecule has 1 fully saturated rings. The largest absolute Gasteiger partial charge is 0.348 e. The minimum atomic E-state index is -0.0149. The normalized spacial score (nSPS) is 15.9. The molecule has 3 nitrogen and oxygen atoms in total. The van der Waals surface area contributed by atoms with E-state index >= 15 is 0 Å². The van der Waals surface area contributed by atoms with Crippen LogP contribution in [0, 0.1) is 12.8 Å². The zero-order valence-electron chi connectivity index (χ0n) is 15.3. The third kappa shape index (κ3) is 5.17. The van der Waals surface area contributed by atoms with Gasteiger partial charge in [-0.3, -0.25) is 9.69 Å². The zero-order valence-corrected chi connectivity index (χ0v) is 15.3. The molecule has 1 N–H and O–H groups in total. The van der Waals surface area contributed by atoms with E-state index < -0.39 is 0 Å². The number of piperidine rings is 1. The topological polar surface area (TPSA) is 32.3 Å². The molecule has 0 bridgehead atoms. The number of aryl methyl sites for hydroxylation is 1. The molecule has 25 heavy (non-hydrogen) atoms. The monoisotopic (exact) mass is 336 g/mol. The Hall–Kier alpha value is -2.13. The molecule has 0 saturated carbocycles. The fourth-order valence-electron chi connectivity index (χ4n) is 3.23. The maximum absolute atomic E-state index is 12.3. The van der Waals surface area contributed by atoms with E-state index in [0.717, 1.165) is 23.6 Å². The van der Waals surface area contributed by atoms with E-state index in [4.69, 9.17) is 0 Å². The van der Waals surface area contributed by atoms with Gasteiger partial charge in [-0.25, -0.2) is 0 Å². The summed E-state index contributed by atoms with van der Waals surface area (Å²) in [6.45, 7) is 8.31. The van der Waals surface area contributed by atoms with Crippen molar-refractivity contribution in [2.45, 2.75) is 39.8 Å². The Balaban J connectivity index is 1.50. The van der Waals surface area contributed by atoms with E-state index in [1.54, 1.807) is 0 Å². The van der Waals surface area contributed by atoms with Crippen molar-refractivity contribution in [3.05, 3.63) is 70.8 Å². The number of carbonyl (C=O) groups is 1. The number of benzene rings is 2. The third-order valence-electron chi connectivity index (χ3n) is 5.07. The zero-order chi connectivity index (χ0) is 17.6. The standard InChI is InChI=1S/C22H28N2O/c1-17-3-5-19(6-4-17)15-23-22(25)21-9-7-20(8-10-21)16-24-13-11-18(2)12-14-24/h3-10,18H,11-16H2,1-2H3,(H,23,25). The second-order valence-corrected chi connectivity index (χ2v) is 7.32. The fourth-order valence-corrected chi connectivity index (χ4v) is 3.23. The van der Waals surface area contributed by atoms with Gasteiger partial charge < -0.3 is 5.32 Å². The van der Waals surface area contributed by atoms with Crippen molar-refractivity contribution < 1.29 is 4.79 Å². The fraction of sp³-hybridized carbons (Fsp3) is 0.409. The van der Waals surface area contributed by atoms with Crippen LogP contribution in [0.4, 0.5) is 0 Å². The van der Waals surface area contributed by atoms with Crippen molar-refractivity contribution >= 4 is 5.91 Å². The Morgan fingerprint density at radius 2 is 1.60 bits per heavy atom. The van der Waals surface area contributed by atoms with E-state index in [-0.39, 0.29) is 5.91 Å². The van der Waals surface area contributed by atoms with Crippen LogP contribution in [0.25, 0.3) is 0 Å². The molecule has 2 aromatic carbocycles. The first-order chi connectivity index (χ1) is 12.1. The van der Waals surface area contributed by atoms with Gasteiger partial charge in [0.15, 0.2) is 0 Å². The quantitative estimate of drug-likeness (QED) is 0.889. The Morgan fingerprint density at radius 1 is 1.00 bits per heavy atom. The molecule has 1 aliphatic rings. The van der Waals surface area contributed by atoms with Crippen molar-refractivity contribution in [2.75, 3.05) is 13.1 Å². The van der Waals surface area contributed by atoms with E-state index in [9.17, 15) is 4.79 Å². The van der Waals surface area contributed by atoms with Gasteiger partial charge in [0.2, 0.25) is 0 Å². The molecule has 3 heteroatoms. The first-order valence-corrected chi connectivity index (χ1v) is 9.25. The van der Waals surface area contributed by atoms with E-state index in [1.165, 1.54) is 37.1 Å². The summed E-state index contributed by atoms with van der Waals surface area (Å²) < 4.78 is 0. The number of amides is 1. The average Bonchev–Trinajstić information content (AvgIpc) is 2.63. The molecule has 0 atom stereocenters. The van der Waals surface area contributed by atoms with E-state index in [2.05, 4.69) is 60.5 Å². The highest BCUT2D eigenvalue weighted by Crippen LogP contribution is 2.18. The van der Waals surface area contributed by atoms with Crippen LogP contribution < -0.4 is 5.32 Å². The summed E-state index contributed by atoms with van der Waals surface area (Å²) in [5.41, 5.74) is 4.36. The van der Waals surface area contributed by atoms with Gasteiger partial charge in [-0.15, -0.1) is 0 Å². The number of likely N-dealkylation sites (tertiary alicyclic amines) is 1. The molecule has 0 aromatic heterocycles. The molecular weight excluding hydrogens is 308 g/mol. The maximum Gasteiger partial charge on any atom is 0.251 e. The minimum Gasteiger partial charge on any atom is -0.348 e. The third-order valence-corrected chi connectivity index (χ3v) is 5.07. The number of hydrogen-bond donors (Lipinski definition) is 1. The molecule has 2 aromatic rings. The second-order valence-electron chi connectivity index (χ2n) is 7.32. The summed E-state index contributed by atoms with van der Waals surface area (Å²) in [5.74, 6) is 0.842. The van der Waals surface area contributed by atoms with Gasteiger partial charge in [0.25, 0.3) is 5.91 Å². The van der Waals surface area contributed by atoms with Crippen LogP contribution in [0.2, 0.25) is 0 Å². The molecule has 1 heterocycles. The Labute approximate surface area is 151 Å². The summed E-state index contributed by atoms with van der Waals surface area (Å²) in [6, 6.07) is 16.3. The predicted molar refractivity (Wildman–Crippen MR) is 102 cm³/mol. The van der Waals surface area contributed by atoms with Crippen LogP contribution in [0.1, 0.15) is 46.8 Å². The number of nitrogens with one attached hydrogen (secondary N) is 1. The van der Waals surface area contributed by atoms with Gasteiger partial charge in [0.05, 0.1) is 0 Å². The van der Waals surface area contributed by atoms with Crippen LogP contribution in [0.15, 0.2) is 48.5 Å². The van der Waals surface area contributed by atoms with Crippen molar-refractivity contribution in [2.24, 2.45) is 5.92 Å². The van der Waals surface area contributed by atoms with Crippen LogP contribution in [0.3, 0.4) is 0 Å². The van der Waals surface area contributed by atoms with Crippen molar-refractivity contribution in [3.63, 3.8) is 0 Å². The lowest BCUT2D eigenvalue weighted by Crippen LogP contribution is -2.32. The number of nitrogens with zero attached hydrogens (tertiary/aromatic N) is 1. The highest BCUT2D eigenvalue weighted by Gasteiger charge is 2.15. The second kappa shape index (κ2) is 8.30. The first kappa shape index (κ1) is 17.7. The minimum absolute atomic E-state index is 0.0149. The average molecular weight is 336 g/mol. The molecule has 0 unspecified atom stereocenters. The number of hydrogen-bond acceptors (Lipinski definition) is 2. The lowest BCUT2D eigenvalue weighted by Gasteiger charge is -2.30. The molecular formula is C22H28N2O. The van der Waals surface area contributed by atoms with Gasteiger partial charge >= 0.3 is 0 Å². The van der Waals surface area contributed by atoms with E-state index in [0.29, 0.717) is 6.54 Å². The molecule has 3 rings (SSSR count). The number of rotatable bonds is 5. The number of carbonyl (C=O) groups excluding carboxylic acids is 1. The summed E-state index contributed by atoms with van der Waals surface area (Å²) in [6.07, 6.45) is 2.58. The highest BCUT2D eigenvalue weighted by atomic mass is 16.1. The Morgan fingerprint density at radius 3 is 2.24 bits per heavy atom. The van der Waals surface area contributed by atoms with Crippen molar-refractivity contribution in [1.29, 1.82) is 0 Å². The van der Waals surface area contributed by atoms with Gasteiger partial charge in [-0.1, -0.05) is 48.9 Å². The Bertz CT molecular complexity index is 683. The smallest absolute Gasteiger partial charge is 0.251 e. The van der Waals surface area contributed by atoms with Crippen molar-refractivity contribution in [3.8, 4) is 0 Å². The summed E-state index contributed by atoms with van der Waals surface area (Å²) in [7, 11) is 0. The lowest BCUT2D eigenvalue weighted by atomic mass is 9.99. The lowest BCUT2D eigenvalue weighted by molar-refractivity contribution is 0.0951. The predicted octanol–water partition coefficient (Wildman–Crippen LogP) is 4.16. The van der Waals surface area contributed by atoms with Gasteiger partial charge in [-0.05, 0) is 62.0 Å². The van der Waals surface area contributed by atoms with Crippen LogP contribution >= 0.6 is 0 Å². The molecule has 1 aliphatic heterocycles. The van der Waals surface area contributed by atoms with Gasteiger partial charge in [0.1, 0.15) is 0 Å². The van der Waals surface area contributed by atoms with Gasteiger partial charge in [0, 0.05) is 18.7 Å². The first-order valence-electron chi connectivity index (χ1n) is 9.25. The molecule has 0 spiro atoms. The summed E-state index contributed by atoms with van der Waals surface area (Å²) in [5, 5.41) is 2.99. The van der Waals surface area contributed by atoms with Crippen LogP contribution in [-0.4, -0.2) is 23.9 Å². The maximum atomic E-state index is 12.3. The molecule has 1 saturated heterocycles. The molecule has 0 aliphatic carbocycles. The van der Waals surface area contributed by atoms with Gasteiger partial charge in [-0.2, -0.15) is 0 Å². The highest BCUT2D eigenvalue weighted by molar-refractivity contribution is 5.94. The molecule has 1 amide bonds. The van der Waals surface area contributed by atoms with E-state index in [1.807, 2.05) is 12.1 Å². The SMILES string of the molecule is Cc1ccc(CNC(=O)c2ccc(CN3CCC(C)CC3)cc2)cc1. The van der Waals surface area contributed by atoms with Crippen LogP contribution in [0.5, 0.6) is 0 Å². The Kier molecular flexibility index (Phi) is 5.87. The molecule has 0 radical (unpaired) electrons. The van der Waals surface area contributed by atoms with Crippen molar-refractivity contribution in [1.82, 2.24) is 10.2 Å².